The first-order chi connectivity index (χ1) is 15.9. The second-order valence-electron chi connectivity index (χ2n) is 8.28. The van der Waals surface area contributed by atoms with Gasteiger partial charge in [-0.25, -0.2) is 4.39 Å². The average molecular weight is 469 g/mol. The van der Waals surface area contributed by atoms with Crippen LogP contribution < -0.4 is 4.74 Å². The molecule has 172 valence electrons. The summed E-state index contributed by atoms with van der Waals surface area (Å²) < 4.78 is 19.5. The van der Waals surface area contributed by atoms with Crippen LogP contribution in [0.25, 0.3) is 6.08 Å². The zero-order chi connectivity index (χ0) is 23.4. The van der Waals surface area contributed by atoms with Crippen molar-refractivity contribution in [1.29, 1.82) is 0 Å². The molecule has 3 amide bonds. The number of likely N-dealkylation sites (tertiary alicyclic amines) is 1. The van der Waals surface area contributed by atoms with Crippen molar-refractivity contribution >= 4 is 34.9 Å². The van der Waals surface area contributed by atoms with Crippen molar-refractivity contribution in [3.05, 3.63) is 70.4 Å². The van der Waals surface area contributed by atoms with Crippen LogP contribution in [0.2, 0.25) is 0 Å². The lowest BCUT2D eigenvalue weighted by molar-refractivity contribution is -0.136. The molecule has 33 heavy (non-hydrogen) atoms. The van der Waals surface area contributed by atoms with Crippen LogP contribution in [0.4, 0.5) is 9.18 Å². The molecule has 0 saturated carbocycles. The molecule has 2 aromatic carbocycles. The summed E-state index contributed by atoms with van der Waals surface area (Å²) in [5.74, 6) is 0.0905. The summed E-state index contributed by atoms with van der Waals surface area (Å²) in [4.78, 5) is 40.8. The molecule has 0 bridgehead atoms. The highest BCUT2D eigenvalue weighted by atomic mass is 32.2. The molecular formula is C25H25FN2O4S. The number of imide groups is 1. The Hall–Kier alpha value is -3.13. The Labute approximate surface area is 196 Å². The number of amides is 3. The molecule has 6 nitrogen and oxygen atoms in total. The highest BCUT2D eigenvalue weighted by Gasteiger charge is 2.37. The molecule has 2 aromatic rings. The van der Waals surface area contributed by atoms with E-state index >= 15 is 0 Å². The van der Waals surface area contributed by atoms with Crippen molar-refractivity contribution in [1.82, 2.24) is 9.80 Å². The maximum atomic E-state index is 13.8. The van der Waals surface area contributed by atoms with Gasteiger partial charge in [0.05, 0.1) is 4.91 Å². The Kier molecular flexibility index (Phi) is 7.13. The van der Waals surface area contributed by atoms with E-state index in [4.69, 9.17) is 4.74 Å². The fourth-order valence-corrected chi connectivity index (χ4v) is 4.59. The highest BCUT2D eigenvalue weighted by molar-refractivity contribution is 8.18. The number of hydrogen-bond acceptors (Lipinski definition) is 5. The van der Waals surface area contributed by atoms with Crippen molar-refractivity contribution in [2.45, 2.75) is 26.4 Å². The predicted octanol–water partition coefficient (Wildman–Crippen LogP) is 4.70. The Bertz CT molecular complexity index is 1100. The number of carbonyl (C=O) groups is 3. The fraction of sp³-hybridized carbons (Fsp3) is 0.320. The Morgan fingerprint density at radius 3 is 2.67 bits per heavy atom. The Morgan fingerprint density at radius 2 is 1.91 bits per heavy atom. The lowest BCUT2D eigenvalue weighted by Gasteiger charge is -2.31. The Morgan fingerprint density at radius 1 is 1.15 bits per heavy atom. The number of halogens is 1. The molecule has 0 unspecified atom stereocenters. The quantitative estimate of drug-likeness (QED) is 0.575. The number of thioether (sulfide) groups is 1. The second kappa shape index (κ2) is 10.2. The zero-order valence-electron chi connectivity index (χ0n) is 18.3. The summed E-state index contributed by atoms with van der Waals surface area (Å²) >= 11 is 0.821. The fourth-order valence-electron chi connectivity index (χ4n) is 3.75. The van der Waals surface area contributed by atoms with E-state index in [2.05, 4.69) is 6.92 Å². The standard InChI is InChI=1S/C25H25FN2O4S/c1-17-9-11-27(12-10-17)23(29)15-28-24(30)22(33-25(28)31)14-18-5-4-7-20(13-18)32-16-19-6-2-3-8-21(19)26/h2-8,13-14,17H,9-12,15-16H2,1H3/b22-14+. The van der Waals surface area contributed by atoms with Crippen LogP contribution >= 0.6 is 11.8 Å². The number of ether oxygens (including phenoxy) is 1. The summed E-state index contributed by atoms with van der Waals surface area (Å²) in [6.07, 6.45) is 3.47. The number of piperidine rings is 1. The van der Waals surface area contributed by atoms with E-state index in [0.29, 0.717) is 35.9 Å². The number of carbonyl (C=O) groups excluding carboxylic acids is 3. The first-order valence-corrected chi connectivity index (χ1v) is 11.7. The monoisotopic (exact) mass is 468 g/mol. The second-order valence-corrected chi connectivity index (χ2v) is 9.28. The van der Waals surface area contributed by atoms with Crippen molar-refractivity contribution in [3.8, 4) is 5.75 Å². The minimum Gasteiger partial charge on any atom is -0.489 e. The third-order valence-corrected chi connectivity index (χ3v) is 6.72. The SMILES string of the molecule is CC1CCN(C(=O)CN2C(=O)S/C(=C/c3cccc(OCc4ccccc4F)c3)C2=O)CC1. The van der Waals surface area contributed by atoms with Gasteiger partial charge in [-0.15, -0.1) is 0 Å². The molecule has 0 radical (unpaired) electrons. The molecule has 0 atom stereocenters. The highest BCUT2D eigenvalue weighted by Crippen LogP contribution is 2.33. The summed E-state index contributed by atoms with van der Waals surface area (Å²) in [6, 6.07) is 13.4. The first kappa shape index (κ1) is 23.0. The minimum absolute atomic E-state index is 0.0734. The molecule has 0 N–H and O–H groups in total. The van der Waals surface area contributed by atoms with Gasteiger partial charge >= 0.3 is 0 Å². The average Bonchev–Trinajstić information content (AvgIpc) is 3.06. The van der Waals surface area contributed by atoms with Gasteiger partial charge in [0.2, 0.25) is 5.91 Å². The summed E-state index contributed by atoms with van der Waals surface area (Å²) in [6.45, 7) is 3.31. The molecule has 0 spiro atoms. The molecule has 2 saturated heterocycles. The summed E-state index contributed by atoms with van der Waals surface area (Å²) in [5.41, 5.74) is 1.11. The molecule has 2 heterocycles. The normalized spacial score (nSPS) is 18.3. The molecule has 0 aromatic heterocycles. The van der Waals surface area contributed by atoms with E-state index in [-0.39, 0.29) is 29.8 Å². The third kappa shape index (κ3) is 5.63. The van der Waals surface area contributed by atoms with Gasteiger partial charge in [0.1, 0.15) is 24.7 Å². The van der Waals surface area contributed by atoms with E-state index in [1.165, 1.54) is 6.07 Å². The van der Waals surface area contributed by atoms with Gasteiger partial charge in [-0.05, 0) is 60.4 Å². The maximum absolute atomic E-state index is 13.8. The summed E-state index contributed by atoms with van der Waals surface area (Å²) in [7, 11) is 0. The van der Waals surface area contributed by atoms with Gasteiger partial charge in [-0.2, -0.15) is 0 Å². The van der Waals surface area contributed by atoms with Crippen molar-refractivity contribution in [3.63, 3.8) is 0 Å². The van der Waals surface area contributed by atoms with Crippen molar-refractivity contribution in [2.24, 2.45) is 5.92 Å². The van der Waals surface area contributed by atoms with E-state index in [1.807, 2.05) is 0 Å². The van der Waals surface area contributed by atoms with Crippen LogP contribution in [0.3, 0.4) is 0 Å². The molecule has 0 aliphatic carbocycles. The third-order valence-electron chi connectivity index (χ3n) is 5.81. The predicted molar refractivity (Wildman–Crippen MR) is 125 cm³/mol. The lowest BCUT2D eigenvalue weighted by atomic mass is 9.99. The molecule has 2 aliphatic heterocycles. The van der Waals surface area contributed by atoms with Gasteiger partial charge in [0, 0.05) is 18.7 Å². The van der Waals surface area contributed by atoms with Gasteiger partial charge in [0.15, 0.2) is 0 Å². The van der Waals surface area contributed by atoms with E-state index < -0.39 is 11.1 Å². The van der Waals surface area contributed by atoms with Crippen LogP contribution in [-0.4, -0.2) is 46.5 Å². The van der Waals surface area contributed by atoms with Crippen molar-refractivity contribution < 1.29 is 23.5 Å². The van der Waals surface area contributed by atoms with Gasteiger partial charge in [-0.1, -0.05) is 37.3 Å². The lowest BCUT2D eigenvalue weighted by Crippen LogP contribution is -2.45. The number of benzene rings is 2. The van der Waals surface area contributed by atoms with Gasteiger partial charge < -0.3 is 9.64 Å². The molecular weight excluding hydrogens is 443 g/mol. The summed E-state index contributed by atoms with van der Waals surface area (Å²) in [5, 5.41) is -0.447. The van der Waals surface area contributed by atoms with E-state index in [0.717, 1.165) is 29.5 Å². The number of rotatable bonds is 6. The maximum Gasteiger partial charge on any atom is 0.294 e. The van der Waals surface area contributed by atoms with Crippen LogP contribution in [0.15, 0.2) is 53.4 Å². The van der Waals surface area contributed by atoms with Crippen LogP contribution in [-0.2, 0) is 16.2 Å². The molecule has 4 rings (SSSR count). The van der Waals surface area contributed by atoms with Gasteiger partial charge in [0.25, 0.3) is 11.1 Å². The molecule has 2 aliphatic rings. The zero-order valence-corrected chi connectivity index (χ0v) is 19.1. The van der Waals surface area contributed by atoms with Crippen LogP contribution in [0, 0.1) is 11.7 Å². The number of hydrogen-bond donors (Lipinski definition) is 0. The smallest absolute Gasteiger partial charge is 0.294 e. The van der Waals surface area contributed by atoms with Crippen LogP contribution in [0.1, 0.15) is 30.9 Å². The minimum atomic E-state index is -0.471. The topological polar surface area (TPSA) is 66.9 Å². The van der Waals surface area contributed by atoms with Crippen molar-refractivity contribution in [2.75, 3.05) is 19.6 Å². The van der Waals surface area contributed by atoms with Crippen LogP contribution in [0.5, 0.6) is 5.75 Å². The van der Waals surface area contributed by atoms with E-state index in [9.17, 15) is 18.8 Å². The van der Waals surface area contributed by atoms with Gasteiger partial charge in [-0.3, -0.25) is 19.3 Å². The Balaban J connectivity index is 1.40. The first-order valence-electron chi connectivity index (χ1n) is 10.9. The number of nitrogens with zero attached hydrogens (tertiary/aromatic N) is 2. The largest absolute Gasteiger partial charge is 0.489 e. The molecule has 2 fully saturated rings. The molecule has 8 heteroatoms. The van der Waals surface area contributed by atoms with E-state index in [1.54, 1.807) is 53.4 Å².